The van der Waals surface area contributed by atoms with E-state index in [2.05, 4.69) is 29.5 Å². The highest BCUT2D eigenvalue weighted by Crippen LogP contribution is 2.47. The lowest BCUT2D eigenvalue weighted by molar-refractivity contribution is -0.502. The van der Waals surface area contributed by atoms with E-state index in [1.807, 2.05) is 0 Å². The summed E-state index contributed by atoms with van der Waals surface area (Å²) in [5.74, 6) is 0.0357. The first kappa shape index (κ1) is 12.1. The Hall–Kier alpha value is 0.610. The van der Waals surface area contributed by atoms with Crippen molar-refractivity contribution in [3.63, 3.8) is 0 Å². The summed E-state index contributed by atoms with van der Waals surface area (Å²) in [6.45, 7) is 2.12. The van der Waals surface area contributed by atoms with Crippen LogP contribution < -0.4 is 0 Å². The third kappa shape index (κ3) is 2.18. The first-order valence-corrected chi connectivity index (χ1v) is 7.15. The Kier molecular flexibility index (Phi) is 3.60. The molecule has 2 fully saturated rings. The van der Waals surface area contributed by atoms with E-state index in [0.717, 1.165) is 17.3 Å². The molecule has 15 heavy (non-hydrogen) atoms. The molecule has 3 unspecified atom stereocenters. The number of halogens is 1. The molecule has 0 amide bonds. The molecule has 88 valence electrons. The summed E-state index contributed by atoms with van der Waals surface area (Å²) in [5.41, 5.74) is -0.134. The van der Waals surface area contributed by atoms with Gasteiger partial charge in [0.25, 0.3) is 0 Å². The van der Waals surface area contributed by atoms with Gasteiger partial charge in [-0.3, -0.25) is 0 Å². The predicted octanol–water partition coefficient (Wildman–Crippen LogP) is 3.06. The summed E-state index contributed by atoms with van der Waals surface area (Å²) in [6.07, 6.45) is 5.67. The second-order valence-electron chi connectivity index (χ2n) is 4.91. The number of fused-ring (bicyclic) bond motifs is 1. The monoisotopic (exact) mass is 326 g/mol. The third-order valence-electron chi connectivity index (χ3n) is 3.64. The standard InChI is InChI=1S/C11H19IO3/c1-10(8-12)7-9-5-3-4-6-11(9,13-2)15-14-10/h9H,3-8H2,1-2H3. The van der Waals surface area contributed by atoms with Crippen molar-refractivity contribution in [3.8, 4) is 0 Å². The Morgan fingerprint density at radius 3 is 2.87 bits per heavy atom. The maximum atomic E-state index is 5.60. The van der Waals surface area contributed by atoms with Gasteiger partial charge in [-0.2, -0.15) is 0 Å². The molecule has 0 N–H and O–H groups in total. The van der Waals surface area contributed by atoms with Gasteiger partial charge in [-0.1, -0.05) is 29.0 Å². The van der Waals surface area contributed by atoms with Crippen molar-refractivity contribution in [1.29, 1.82) is 0 Å². The zero-order chi connectivity index (χ0) is 10.9. The molecule has 1 aliphatic heterocycles. The van der Waals surface area contributed by atoms with Gasteiger partial charge in [0.15, 0.2) is 0 Å². The maximum absolute atomic E-state index is 5.60. The minimum atomic E-state index is -0.455. The summed E-state index contributed by atoms with van der Waals surface area (Å²) in [4.78, 5) is 11.1. The van der Waals surface area contributed by atoms with Gasteiger partial charge in [0.1, 0.15) is 5.60 Å². The van der Waals surface area contributed by atoms with E-state index < -0.39 is 5.79 Å². The largest absolute Gasteiger partial charge is 0.350 e. The van der Waals surface area contributed by atoms with Crippen LogP contribution in [0.25, 0.3) is 0 Å². The van der Waals surface area contributed by atoms with E-state index in [1.165, 1.54) is 19.3 Å². The fourth-order valence-electron chi connectivity index (χ4n) is 2.66. The number of alkyl halides is 1. The number of rotatable bonds is 2. The molecule has 1 aliphatic carbocycles. The lowest BCUT2D eigenvalue weighted by atomic mass is 9.77. The van der Waals surface area contributed by atoms with E-state index in [-0.39, 0.29) is 5.60 Å². The Labute approximate surface area is 105 Å². The number of hydrogen-bond donors (Lipinski definition) is 0. The van der Waals surface area contributed by atoms with Crippen LogP contribution in [0.2, 0.25) is 0 Å². The molecule has 1 saturated carbocycles. The summed E-state index contributed by atoms with van der Waals surface area (Å²) >= 11 is 2.36. The van der Waals surface area contributed by atoms with E-state index in [0.29, 0.717) is 5.92 Å². The van der Waals surface area contributed by atoms with Crippen molar-refractivity contribution in [1.82, 2.24) is 0 Å². The van der Waals surface area contributed by atoms with Crippen molar-refractivity contribution in [2.24, 2.45) is 5.92 Å². The zero-order valence-electron chi connectivity index (χ0n) is 9.42. The molecule has 0 aromatic rings. The molecule has 4 heteroatoms. The molecule has 1 heterocycles. The van der Waals surface area contributed by atoms with Crippen molar-refractivity contribution >= 4 is 22.6 Å². The quantitative estimate of drug-likeness (QED) is 0.443. The van der Waals surface area contributed by atoms with Crippen molar-refractivity contribution in [2.45, 2.75) is 50.4 Å². The van der Waals surface area contributed by atoms with Crippen LogP contribution in [0.15, 0.2) is 0 Å². The van der Waals surface area contributed by atoms with Crippen LogP contribution >= 0.6 is 22.6 Å². The number of hydrogen-bond acceptors (Lipinski definition) is 3. The molecule has 2 aliphatic rings. The molecule has 0 spiro atoms. The maximum Gasteiger partial charge on any atom is 0.204 e. The van der Waals surface area contributed by atoms with Crippen LogP contribution in [0.5, 0.6) is 0 Å². The Morgan fingerprint density at radius 1 is 1.40 bits per heavy atom. The van der Waals surface area contributed by atoms with Crippen LogP contribution in [0, 0.1) is 5.92 Å². The van der Waals surface area contributed by atoms with E-state index >= 15 is 0 Å². The third-order valence-corrected chi connectivity index (χ3v) is 5.25. The minimum Gasteiger partial charge on any atom is -0.350 e. The summed E-state index contributed by atoms with van der Waals surface area (Å²) in [5, 5.41) is 0. The van der Waals surface area contributed by atoms with Crippen LogP contribution in [-0.2, 0) is 14.5 Å². The summed E-state index contributed by atoms with van der Waals surface area (Å²) in [7, 11) is 1.73. The molecule has 0 aromatic heterocycles. The van der Waals surface area contributed by atoms with Crippen molar-refractivity contribution in [2.75, 3.05) is 11.5 Å². The van der Waals surface area contributed by atoms with Gasteiger partial charge < -0.3 is 4.74 Å². The fraction of sp³-hybridized carbons (Fsp3) is 1.00. The first-order valence-electron chi connectivity index (χ1n) is 5.62. The average molecular weight is 326 g/mol. The van der Waals surface area contributed by atoms with Crippen LogP contribution in [0.3, 0.4) is 0 Å². The van der Waals surface area contributed by atoms with Gasteiger partial charge in [-0.05, 0) is 26.2 Å². The Bertz CT molecular complexity index is 236. The van der Waals surface area contributed by atoms with Crippen molar-refractivity contribution < 1.29 is 14.5 Å². The lowest BCUT2D eigenvalue weighted by Gasteiger charge is -2.49. The summed E-state index contributed by atoms with van der Waals surface area (Å²) in [6, 6.07) is 0. The number of methoxy groups -OCH3 is 1. The minimum absolute atomic E-state index is 0.134. The highest BCUT2D eigenvalue weighted by Gasteiger charge is 2.51. The average Bonchev–Trinajstić information content (AvgIpc) is 2.29. The molecule has 0 aromatic carbocycles. The van der Waals surface area contributed by atoms with Gasteiger partial charge in [0.05, 0.1) is 0 Å². The van der Waals surface area contributed by atoms with Gasteiger partial charge in [-0.25, -0.2) is 9.78 Å². The van der Waals surface area contributed by atoms with Crippen molar-refractivity contribution in [3.05, 3.63) is 0 Å². The fourth-order valence-corrected chi connectivity index (χ4v) is 3.10. The van der Waals surface area contributed by atoms with Crippen LogP contribution in [0.1, 0.15) is 39.0 Å². The molecular weight excluding hydrogens is 307 g/mol. The Balaban J connectivity index is 2.12. The van der Waals surface area contributed by atoms with E-state index in [1.54, 1.807) is 7.11 Å². The topological polar surface area (TPSA) is 27.7 Å². The van der Waals surface area contributed by atoms with Crippen LogP contribution in [0.4, 0.5) is 0 Å². The number of ether oxygens (including phenoxy) is 1. The molecule has 0 radical (unpaired) electrons. The second kappa shape index (κ2) is 4.47. The van der Waals surface area contributed by atoms with Gasteiger partial charge in [0.2, 0.25) is 5.79 Å². The van der Waals surface area contributed by atoms with Gasteiger partial charge in [-0.15, -0.1) is 0 Å². The normalized spacial score (nSPS) is 46.2. The van der Waals surface area contributed by atoms with Gasteiger partial charge >= 0.3 is 0 Å². The predicted molar refractivity (Wildman–Crippen MR) is 65.8 cm³/mol. The molecule has 1 saturated heterocycles. The Morgan fingerprint density at radius 2 is 2.20 bits per heavy atom. The van der Waals surface area contributed by atoms with Gasteiger partial charge in [0, 0.05) is 23.9 Å². The van der Waals surface area contributed by atoms with Crippen LogP contribution in [-0.4, -0.2) is 22.9 Å². The molecule has 3 nitrogen and oxygen atoms in total. The SMILES string of the molecule is COC12CCCCC1CC(C)(CI)OO2. The van der Waals surface area contributed by atoms with E-state index in [9.17, 15) is 0 Å². The lowest BCUT2D eigenvalue weighted by Crippen LogP contribution is -2.55. The molecule has 3 atom stereocenters. The van der Waals surface area contributed by atoms with E-state index in [4.69, 9.17) is 14.5 Å². The molecule has 2 rings (SSSR count). The highest BCUT2D eigenvalue weighted by molar-refractivity contribution is 14.1. The zero-order valence-corrected chi connectivity index (χ0v) is 11.6. The molecule has 0 bridgehead atoms. The second-order valence-corrected chi connectivity index (χ2v) is 5.68. The summed E-state index contributed by atoms with van der Waals surface area (Å²) < 4.78 is 6.53. The smallest absolute Gasteiger partial charge is 0.204 e. The first-order chi connectivity index (χ1) is 7.14. The highest BCUT2D eigenvalue weighted by atomic mass is 127. The molecular formula is C11H19IO3.